The Morgan fingerprint density at radius 1 is 1.17 bits per heavy atom. The quantitative estimate of drug-likeness (QED) is 0.303. The summed E-state index contributed by atoms with van der Waals surface area (Å²) < 4.78 is 0. The van der Waals surface area contributed by atoms with Crippen LogP contribution in [0.15, 0.2) is 0 Å². The molecule has 1 fully saturated rings. The van der Waals surface area contributed by atoms with Gasteiger partial charge in [0, 0.05) is 12.5 Å². The molecular formula is C15H28N2O6. The number of carboxylic acid groups (broad SMARTS) is 1. The van der Waals surface area contributed by atoms with Crippen LogP contribution in [-0.4, -0.2) is 70.2 Å². The minimum Gasteiger partial charge on any atom is -0.480 e. The van der Waals surface area contributed by atoms with E-state index in [1.54, 1.807) is 14.0 Å². The second-order valence-corrected chi connectivity index (χ2v) is 6.22. The average Bonchev–Trinajstić information content (AvgIpc) is 2.51. The van der Waals surface area contributed by atoms with Crippen molar-refractivity contribution in [1.82, 2.24) is 10.6 Å². The maximum atomic E-state index is 12.1. The van der Waals surface area contributed by atoms with Gasteiger partial charge in [-0.3, -0.25) is 9.59 Å². The monoisotopic (exact) mass is 332 g/mol. The molecule has 0 radical (unpaired) electrons. The van der Waals surface area contributed by atoms with Crippen LogP contribution in [-0.2, 0) is 9.59 Å². The molecule has 6 atom stereocenters. The van der Waals surface area contributed by atoms with Crippen LogP contribution < -0.4 is 10.6 Å². The van der Waals surface area contributed by atoms with Crippen molar-refractivity contribution in [3.05, 3.63) is 0 Å². The Kier molecular flexibility index (Phi) is 7.90. The maximum absolute atomic E-state index is 12.1. The van der Waals surface area contributed by atoms with Crippen LogP contribution in [0.25, 0.3) is 0 Å². The molecule has 1 rings (SSSR count). The average molecular weight is 332 g/mol. The SMILES string of the molecule is CNC(CCCCNC(=O)C1CC(O)C(C)C(O)C1O)C(=O)O. The summed E-state index contributed by atoms with van der Waals surface area (Å²) in [6.45, 7) is 1.99. The summed E-state index contributed by atoms with van der Waals surface area (Å²) in [6, 6.07) is -0.599. The van der Waals surface area contributed by atoms with Crippen molar-refractivity contribution in [3.63, 3.8) is 0 Å². The van der Waals surface area contributed by atoms with Crippen molar-refractivity contribution >= 4 is 11.9 Å². The zero-order chi connectivity index (χ0) is 17.6. The van der Waals surface area contributed by atoms with Gasteiger partial charge in [-0.2, -0.15) is 0 Å². The van der Waals surface area contributed by atoms with Gasteiger partial charge >= 0.3 is 5.97 Å². The fourth-order valence-electron chi connectivity index (χ4n) is 2.86. The topological polar surface area (TPSA) is 139 Å². The van der Waals surface area contributed by atoms with Crippen molar-refractivity contribution in [3.8, 4) is 0 Å². The Hall–Kier alpha value is -1.22. The highest BCUT2D eigenvalue weighted by molar-refractivity contribution is 5.79. The lowest BCUT2D eigenvalue weighted by Gasteiger charge is -2.38. The number of rotatable bonds is 8. The molecule has 23 heavy (non-hydrogen) atoms. The number of hydrogen-bond acceptors (Lipinski definition) is 6. The lowest BCUT2D eigenvalue weighted by atomic mass is 9.76. The summed E-state index contributed by atoms with van der Waals surface area (Å²) in [4.78, 5) is 22.9. The molecular weight excluding hydrogens is 304 g/mol. The predicted octanol–water partition coefficient (Wildman–Crippen LogP) is -1.32. The molecule has 0 heterocycles. The van der Waals surface area contributed by atoms with Crippen LogP contribution >= 0.6 is 0 Å². The molecule has 6 N–H and O–H groups in total. The van der Waals surface area contributed by atoms with Crippen LogP contribution in [0.4, 0.5) is 0 Å². The Bertz CT molecular complexity index is 405. The fraction of sp³-hybridized carbons (Fsp3) is 0.867. The molecule has 0 saturated heterocycles. The Balaban J connectivity index is 2.32. The van der Waals surface area contributed by atoms with E-state index in [2.05, 4.69) is 10.6 Å². The van der Waals surface area contributed by atoms with Crippen LogP contribution in [0.5, 0.6) is 0 Å². The molecule has 1 aliphatic carbocycles. The summed E-state index contributed by atoms with van der Waals surface area (Å²) >= 11 is 0. The highest BCUT2D eigenvalue weighted by atomic mass is 16.4. The lowest BCUT2D eigenvalue weighted by molar-refractivity contribution is -0.149. The standard InChI is InChI=1S/C15H28N2O6/c1-8-11(18)7-9(13(20)12(8)19)14(21)17-6-4-3-5-10(16-2)15(22)23/h8-13,16,18-20H,3-7H2,1-2H3,(H,17,21)(H,22,23). The molecule has 0 aromatic heterocycles. The number of carbonyl (C=O) groups is 2. The van der Waals surface area contributed by atoms with Gasteiger partial charge in [-0.1, -0.05) is 6.92 Å². The molecule has 0 aromatic carbocycles. The number of nitrogens with one attached hydrogen (secondary N) is 2. The molecule has 1 aliphatic rings. The Morgan fingerprint density at radius 3 is 2.39 bits per heavy atom. The van der Waals surface area contributed by atoms with Gasteiger partial charge < -0.3 is 31.1 Å². The van der Waals surface area contributed by atoms with Crippen molar-refractivity contribution in [1.29, 1.82) is 0 Å². The van der Waals surface area contributed by atoms with Gasteiger partial charge in [0.2, 0.25) is 5.91 Å². The number of aliphatic hydroxyl groups excluding tert-OH is 3. The molecule has 8 nitrogen and oxygen atoms in total. The lowest BCUT2D eigenvalue weighted by Crippen LogP contribution is -2.53. The van der Waals surface area contributed by atoms with E-state index in [0.717, 1.165) is 0 Å². The van der Waals surface area contributed by atoms with E-state index in [0.29, 0.717) is 25.8 Å². The van der Waals surface area contributed by atoms with Crippen molar-refractivity contribution < 1.29 is 30.0 Å². The molecule has 1 amide bonds. The molecule has 1 saturated carbocycles. The zero-order valence-electron chi connectivity index (χ0n) is 13.6. The number of carbonyl (C=O) groups excluding carboxylic acids is 1. The number of amides is 1. The number of unbranched alkanes of at least 4 members (excludes halogenated alkanes) is 1. The van der Waals surface area contributed by atoms with E-state index in [1.807, 2.05) is 0 Å². The van der Waals surface area contributed by atoms with E-state index in [-0.39, 0.29) is 6.42 Å². The highest BCUT2D eigenvalue weighted by Gasteiger charge is 2.43. The van der Waals surface area contributed by atoms with Crippen molar-refractivity contribution in [2.75, 3.05) is 13.6 Å². The summed E-state index contributed by atoms with van der Waals surface area (Å²) in [5, 5.41) is 43.9. The van der Waals surface area contributed by atoms with Crippen molar-refractivity contribution in [2.24, 2.45) is 11.8 Å². The van der Waals surface area contributed by atoms with Crippen LogP contribution in [0, 0.1) is 11.8 Å². The van der Waals surface area contributed by atoms with Crippen LogP contribution in [0.3, 0.4) is 0 Å². The van der Waals surface area contributed by atoms with E-state index in [4.69, 9.17) is 5.11 Å². The van der Waals surface area contributed by atoms with E-state index in [9.17, 15) is 24.9 Å². The van der Waals surface area contributed by atoms with E-state index in [1.165, 1.54) is 0 Å². The van der Waals surface area contributed by atoms with Gasteiger partial charge in [-0.25, -0.2) is 0 Å². The van der Waals surface area contributed by atoms with Gasteiger partial charge in [-0.05, 0) is 32.7 Å². The third-order valence-electron chi connectivity index (χ3n) is 4.61. The van der Waals surface area contributed by atoms with Crippen molar-refractivity contribution in [2.45, 2.75) is 57.0 Å². The molecule has 0 aliphatic heterocycles. The molecule has 6 unspecified atom stereocenters. The molecule has 0 bridgehead atoms. The minimum absolute atomic E-state index is 0.117. The largest absolute Gasteiger partial charge is 0.480 e. The first-order valence-corrected chi connectivity index (χ1v) is 8.01. The summed E-state index contributed by atoms with van der Waals surface area (Å²) in [7, 11) is 1.59. The number of hydrogen-bond donors (Lipinski definition) is 6. The highest BCUT2D eigenvalue weighted by Crippen LogP contribution is 2.29. The molecule has 134 valence electrons. The molecule has 0 aromatic rings. The minimum atomic E-state index is -1.19. The third kappa shape index (κ3) is 5.42. The smallest absolute Gasteiger partial charge is 0.320 e. The van der Waals surface area contributed by atoms with Gasteiger partial charge in [-0.15, -0.1) is 0 Å². The molecule has 8 heteroatoms. The fourth-order valence-corrected chi connectivity index (χ4v) is 2.86. The Morgan fingerprint density at radius 2 is 1.83 bits per heavy atom. The second kappa shape index (κ2) is 9.17. The summed E-state index contributed by atoms with van der Waals surface area (Å²) in [6.07, 6.45) is -1.31. The number of likely N-dealkylation sites (N-methyl/N-ethyl adjacent to an activating group) is 1. The Labute approximate surface area is 135 Å². The van der Waals surface area contributed by atoms with E-state index < -0.39 is 48.1 Å². The molecule has 0 spiro atoms. The summed E-state index contributed by atoms with van der Waals surface area (Å²) in [5.41, 5.74) is 0. The predicted molar refractivity (Wildman–Crippen MR) is 82.6 cm³/mol. The van der Waals surface area contributed by atoms with Gasteiger partial charge in [0.1, 0.15) is 6.04 Å². The zero-order valence-corrected chi connectivity index (χ0v) is 13.6. The van der Waals surface area contributed by atoms with Gasteiger partial charge in [0.25, 0.3) is 0 Å². The third-order valence-corrected chi connectivity index (χ3v) is 4.61. The van der Waals surface area contributed by atoms with Gasteiger partial charge in [0.05, 0.1) is 24.2 Å². The summed E-state index contributed by atoms with van der Waals surface area (Å²) in [5.74, 6) is -2.60. The van der Waals surface area contributed by atoms with Gasteiger partial charge in [0.15, 0.2) is 0 Å². The normalized spacial score (nSPS) is 32.3. The van der Waals surface area contributed by atoms with E-state index >= 15 is 0 Å². The number of aliphatic hydroxyl groups is 3. The first kappa shape index (κ1) is 19.8. The maximum Gasteiger partial charge on any atom is 0.320 e. The number of aliphatic carboxylic acids is 1. The van der Waals surface area contributed by atoms with Crippen LogP contribution in [0.2, 0.25) is 0 Å². The first-order valence-electron chi connectivity index (χ1n) is 8.01. The second-order valence-electron chi connectivity index (χ2n) is 6.22. The number of carboxylic acids is 1. The first-order chi connectivity index (χ1) is 10.8. The van der Waals surface area contributed by atoms with Crippen LogP contribution in [0.1, 0.15) is 32.6 Å².